The van der Waals surface area contributed by atoms with E-state index in [-0.39, 0.29) is 5.41 Å². The maximum absolute atomic E-state index is 2.47. The molecule has 0 aliphatic heterocycles. The van der Waals surface area contributed by atoms with Crippen molar-refractivity contribution >= 4 is 22.6 Å². The van der Waals surface area contributed by atoms with Crippen LogP contribution in [0.25, 0.3) is 0 Å². The van der Waals surface area contributed by atoms with E-state index in [0.717, 1.165) is 0 Å². The van der Waals surface area contributed by atoms with Gasteiger partial charge in [-0.15, -0.1) is 0 Å². The molecule has 0 nitrogen and oxygen atoms in total. The van der Waals surface area contributed by atoms with Crippen LogP contribution in [0.15, 0.2) is 135 Å². The molecule has 0 bridgehead atoms. The summed E-state index contributed by atoms with van der Waals surface area (Å²) in [5.41, 5.74) is 8.18. The lowest BCUT2D eigenvalue weighted by molar-refractivity contribution is 0.453. The van der Waals surface area contributed by atoms with Crippen molar-refractivity contribution in [3.63, 3.8) is 0 Å². The molecular weight excluding hydrogens is 487 g/mol. The minimum absolute atomic E-state index is 0.112. The van der Waals surface area contributed by atoms with Crippen LogP contribution in [0, 0.1) is 17.8 Å². The van der Waals surface area contributed by atoms with E-state index in [2.05, 4.69) is 144 Å². The topological polar surface area (TPSA) is 0 Å². The van der Waals surface area contributed by atoms with Crippen molar-refractivity contribution in [2.75, 3.05) is 0 Å². The molecule has 0 N–H and O–H groups in total. The molecule has 0 saturated carbocycles. The molecule has 1 aromatic carbocycles. The first-order valence-electron chi connectivity index (χ1n) is 11.1. The first kappa shape index (κ1) is 20.5. The Morgan fingerprint density at radius 3 is 2.35 bits per heavy atom. The van der Waals surface area contributed by atoms with Crippen LogP contribution >= 0.6 is 22.6 Å². The number of benzene rings is 1. The highest BCUT2D eigenvalue weighted by Crippen LogP contribution is 2.55. The zero-order valence-electron chi connectivity index (χ0n) is 18.0. The summed E-state index contributed by atoms with van der Waals surface area (Å²) in [6.07, 6.45) is 27.6. The van der Waals surface area contributed by atoms with E-state index in [1.807, 2.05) is 0 Å². The maximum atomic E-state index is 2.47. The molecule has 5 rings (SSSR count). The third-order valence-corrected chi connectivity index (χ3v) is 7.83. The van der Waals surface area contributed by atoms with Crippen LogP contribution in [-0.4, -0.2) is 0 Å². The highest BCUT2D eigenvalue weighted by molar-refractivity contribution is 14.1. The van der Waals surface area contributed by atoms with Crippen molar-refractivity contribution in [2.45, 2.75) is 19.3 Å². The van der Waals surface area contributed by atoms with Gasteiger partial charge in [-0.2, -0.15) is 0 Å². The summed E-state index contributed by atoms with van der Waals surface area (Å²) in [7, 11) is 0. The molecule has 0 radical (unpaired) electrons. The number of hydrogen-bond donors (Lipinski definition) is 0. The van der Waals surface area contributed by atoms with E-state index < -0.39 is 0 Å². The van der Waals surface area contributed by atoms with Crippen LogP contribution in [0.2, 0.25) is 0 Å². The highest BCUT2D eigenvalue weighted by atomic mass is 127. The van der Waals surface area contributed by atoms with Crippen LogP contribution in [-0.2, 0) is 5.41 Å². The Balaban J connectivity index is 1.74. The summed E-state index contributed by atoms with van der Waals surface area (Å²) in [6.45, 7) is 4.60. The third kappa shape index (κ3) is 3.25. The lowest BCUT2D eigenvalue weighted by atomic mass is 9.56. The second-order valence-corrected chi connectivity index (χ2v) is 9.37. The first-order chi connectivity index (χ1) is 15.2. The van der Waals surface area contributed by atoms with Crippen LogP contribution in [0.4, 0.5) is 0 Å². The molecule has 0 fully saturated rings. The number of allylic oxidation sites excluding steroid dienone is 17. The van der Waals surface area contributed by atoms with Gasteiger partial charge in [0.2, 0.25) is 0 Å². The van der Waals surface area contributed by atoms with Gasteiger partial charge in [0, 0.05) is 23.2 Å². The molecule has 4 unspecified atom stereocenters. The zero-order chi connectivity index (χ0) is 21.4. The van der Waals surface area contributed by atoms with Crippen molar-refractivity contribution in [1.29, 1.82) is 0 Å². The van der Waals surface area contributed by atoms with Gasteiger partial charge in [0.1, 0.15) is 0 Å². The average molecular weight is 514 g/mol. The number of fused-ring (bicyclic) bond motifs is 2. The Hall–Kier alpha value is -2.39. The summed E-state index contributed by atoms with van der Waals surface area (Å²) < 4.78 is 2.31. The molecule has 0 amide bonds. The molecular formula is C30H27I. The monoisotopic (exact) mass is 514 g/mol. The van der Waals surface area contributed by atoms with Crippen molar-refractivity contribution < 1.29 is 0 Å². The van der Waals surface area contributed by atoms with Gasteiger partial charge < -0.3 is 0 Å². The van der Waals surface area contributed by atoms with Crippen LogP contribution in [0.1, 0.15) is 19.4 Å². The Morgan fingerprint density at radius 2 is 1.61 bits per heavy atom. The van der Waals surface area contributed by atoms with Gasteiger partial charge in [-0.1, -0.05) is 133 Å². The standard InChI is InChI=1S/C30H27I/c1-3-25-28(20-31)30(2,24-13-5-4-6-14-24)27-16-10-9-15-26(27)29(25)23-18-17-21-11-7-8-12-22(21)19-23/h3-22,27H,1-2H3/b25-3+,28-20+. The van der Waals surface area contributed by atoms with E-state index in [4.69, 9.17) is 0 Å². The fourth-order valence-electron chi connectivity index (χ4n) is 5.58. The Kier molecular flexibility index (Phi) is 5.47. The lowest BCUT2D eigenvalue weighted by Crippen LogP contribution is -2.39. The fraction of sp³-hybridized carbons (Fsp3) is 0.200. The molecule has 31 heavy (non-hydrogen) atoms. The summed E-state index contributed by atoms with van der Waals surface area (Å²) in [5.74, 6) is 1.21. The van der Waals surface area contributed by atoms with Crippen LogP contribution in [0.5, 0.6) is 0 Å². The van der Waals surface area contributed by atoms with E-state index in [1.165, 1.54) is 33.4 Å². The summed E-state index contributed by atoms with van der Waals surface area (Å²) in [4.78, 5) is 0. The van der Waals surface area contributed by atoms with Gasteiger partial charge in [0.15, 0.2) is 0 Å². The molecule has 4 atom stereocenters. The second-order valence-electron chi connectivity index (χ2n) is 8.75. The highest BCUT2D eigenvalue weighted by Gasteiger charge is 2.46. The molecule has 154 valence electrons. The van der Waals surface area contributed by atoms with Gasteiger partial charge in [0.05, 0.1) is 0 Å². The fourth-order valence-corrected chi connectivity index (χ4v) is 6.56. The van der Waals surface area contributed by atoms with Crippen molar-refractivity contribution in [2.24, 2.45) is 17.8 Å². The van der Waals surface area contributed by atoms with E-state index in [9.17, 15) is 0 Å². The van der Waals surface area contributed by atoms with Gasteiger partial charge in [-0.05, 0) is 44.4 Å². The average Bonchev–Trinajstić information content (AvgIpc) is 2.84. The number of hydrogen-bond acceptors (Lipinski definition) is 0. The Morgan fingerprint density at radius 1 is 0.871 bits per heavy atom. The maximum Gasteiger partial charge on any atom is 0.0288 e. The predicted octanol–water partition coefficient (Wildman–Crippen LogP) is 8.12. The number of halogens is 1. The Labute approximate surface area is 199 Å². The minimum Gasteiger partial charge on any atom is -0.0794 e. The minimum atomic E-state index is -0.112. The quantitative estimate of drug-likeness (QED) is 0.350. The van der Waals surface area contributed by atoms with E-state index in [1.54, 1.807) is 0 Å². The molecule has 1 aromatic rings. The molecule has 0 heterocycles. The molecule has 0 aromatic heterocycles. The van der Waals surface area contributed by atoms with Crippen LogP contribution in [0.3, 0.4) is 0 Å². The van der Waals surface area contributed by atoms with Gasteiger partial charge in [-0.3, -0.25) is 0 Å². The van der Waals surface area contributed by atoms with Gasteiger partial charge in [-0.25, -0.2) is 0 Å². The summed E-state index contributed by atoms with van der Waals surface area (Å²) in [6, 6.07) is 11.0. The molecule has 4 aliphatic carbocycles. The molecule has 0 spiro atoms. The van der Waals surface area contributed by atoms with Crippen molar-refractivity contribution in [3.05, 3.63) is 141 Å². The van der Waals surface area contributed by atoms with Gasteiger partial charge in [0.25, 0.3) is 0 Å². The van der Waals surface area contributed by atoms with Crippen LogP contribution < -0.4 is 0 Å². The van der Waals surface area contributed by atoms with Gasteiger partial charge >= 0.3 is 0 Å². The van der Waals surface area contributed by atoms with Crippen molar-refractivity contribution in [3.8, 4) is 0 Å². The smallest absolute Gasteiger partial charge is 0.0288 e. The molecule has 0 saturated heterocycles. The first-order valence-corrected chi connectivity index (χ1v) is 12.3. The largest absolute Gasteiger partial charge is 0.0794 e. The second kappa shape index (κ2) is 8.27. The predicted molar refractivity (Wildman–Crippen MR) is 141 cm³/mol. The van der Waals surface area contributed by atoms with Crippen molar-refractivity contribution in [1.82, 2.24) is 0 Å². The lowest BCUT2D eigenvalue weighted by Gasteiger charge is -2.47. The Bertz CT molecular complexity index is 1160. The molecule has 1 heteroatoms. The van der Waals surface area contributed by atoms with E-state index in [0.29, 0.717) is 17.8 Å². The zero-order valence-corrected chi connectivity index (χ0v) is 20.2. The normalized spacial score (nSPS) is 33.6. The van der Waals surface area contributed by atoms with E-state index >= 15 is 0 Å². The number of rotatable bonds is 2. The SMILES string of the molecule is C/C=C1/C(C2=CC3C=CC=CC3C=C2)=C2C=CC=CC2C(C)(c2ccccc2)/C1=C/I. The summed E-state index contributed by atoms with van der Waals surface area (Å²) in [5, 5.41) is 0. The molecule has 4 aliphatic rings. The third-order valence-electron chi connectivity index (χ3n) is 7.21. The summed E-state index contributed by atoms with van der Waals surface area (Å²) >= 11 is 2.45.